The standard InChI is InChI=1S/C17H14P.2ClH.Fe.Pd/c1-3-9-15(10-4-1)18(17-13-7-8-14-17)16-11-5-2-6-12-16;;;;/h1-13,17H;2*1H;;/q-1;;;;+2/p-2. The van der Waals surface area contributed by atoms with Crippen molar-refractivity contribution in [3.8, 4) is 0 Å². The Balaban J connectivity index is 0.000000562. The molecular weight excluding hydrogens is 468 g/mol. The summed E-state index contributed by atoms with van der Waals surface area (Å²) in [4.78, 5) is 0. The van der Waals surface area contributed by atoms with Crippen LogP contribution in [0.3, 0.4) is 0 Å². The fourth-order valence-electron chi connectivity index (χ4n) is 2.18. The maximum absolute atomic E-state index is 4.81. The molecule has 0 fully saturated rings. The van der Waals surface area contributed by atoms with Crippen LogP contribution in [-0.4, -0.2) is 5.66 Å². The van der Waals surface area contributed by atoms with Gasteiger partial charge in [0, 0.05) is 17.1 Å². The molecule has 0 bridgehead atoms. The average Bonchev–Trinajstić information content (AvgIpc) is 3.05. The summed E-state index contributed by atoms with van der Waals surface area (Å²) in [7, 11) is 9.25. The molecule has 1 aliphatic rings. The number of benzene rings is 2. The third kappa shape index (κ3) is 5.96. The van der Waals surface area contributed by atoms with E-state index in [0.29, 0.717) is 5.66 Å². The van der Waals surface area contributed by atoms with Crippen LogP contribution in [0.1, 0.15) is 0 Å². The molecule has 0 heterocycles. The van der Waals surface area contributed by atoms with Gasteiger partial charge in [0.15, 0.2) is 0 Å². The Hall–Kier alpha value is 0.112. The van der Waals surface area contributed by atoms with Gasteiger partial charge in [-0.05, 0) is 10.6 Å². The van der Waals surface area contributed by atoms with E-state index in [0.717, 1.165) is 0 Å². The zero-order chi connectivity index (χ0) is 14.9. The number of hydrogen-bond donors (Lipinski definition) is 0. The van der Waals surface area contributed by atoms with E-state index in [1.807, 2.05) is 6.08 Å². The summed E-state index contributed by atoms with van der Waals surface area (Å²) in [6.07, 6.45) is 9.84. The smallest absolute Gasteiger partial charge is 0 e. The molecule has 5 heteroatoms. The molecule has 0 amide bonds. The van der Waals surface area contributed by atoms with Crippen LogP contribution in [0.4, 0.5) is 0 Å². The second kappa shape index (κ2) is 11.6. The third-order valence-electron chi connectivity index (χ3n) is 3.00. The Kier molecular flexibility index (Phi) is 10.6. The third-order valence-corrected chi connectivity index (χ3v) is 5.59. The summed E-state index contributed by atoms with van der Waals surface area (Å²) in [5.41, 5.74) is 0.407. The fraction of sp³-hybridized carbons (Fsp3) is 0.0588. The van der Waals surface area contributed by atoms with Gasteiger partial charge in [0.25, 0.3) is 0 Å². The maximum atomic E-state index is 4.81. The van der Waals surface area contributed by atoms with E-state index in [4.69, 9.17) is 19.1 Å². The molecule has 2 aromatic rings. The summed E-state index contributed by atoms with van der Waals surface area (Å²) in [5, 5.41) is 2.83. The second-order valence-corrected chi connectivity index (χ2v) is 8.94. The molecule has 0 aromatic heterocycles. The van der Waals surface area contributed by atoms with Crippen molar-refractivity contribution < 1.29 is 33.0 Å². The summed E-state index contributed by atoms with van der Waals surface area (Å²) >= 11 is -0.106. The van der Waals surface area contributed by atoms with Gasteiger partial charge in [0.2, 0.25) is 0 Å². The summed E-state index contributed by atoms with van der Waals surface area (Å²) in [6.45, 7) is 0. The first-order valence-corrected chi connectivity index (χ1v) is 11.8. The Morgan fingerprint density at radius 2 is 1.32 bits per heavy atom. The number of allylic oxidation sites excluding steroid dienone is 4. The Morgan fingerprint density at radius 1 is 0.864 bits per heavy atom. The van der Waals surface area contributed by atoms with E-state index in [2.05, 4.69) is 78.9 Å². The number of hydrogen-bond acceptors (Lipinski definition) is 0. The van der Waals surface area contributed by atoms with Gasteiger partial charge in [-0.3, -0.25) is 6.08 Å². The van der Waals surface area contributed by atoms with Gasteiger partial charge in [0.05, 0.1) is 0 Å². The minimum absolute atomic E-state index is 0. The van der Waals surface area contributed by atoms with Gasteiger partial charge < -0.3 is 0 Å². The van der Waals surface area contributed by atoms with Crippen LogP contribution in [0.15, 0.2) is 78.9 Å². The minimum Gasteiger partial charge on any atom is 0 e. The molecule has 2 aromatic carbocycles. The van der Waals surface area contributed by atoms with Gasteiger partial charge in [-0.25, -0.2) is 12.2 Å². The first-order valence-electron chi connectivity index (χ1n) is 6.34. The molecule has 0 radical (unpaired) electrons. The van der Waals surface area contributed by atoms with Crippen LogP contribution in [0.2, 0.25) is 0 Å². The number of halogens is 2. The predicted molar refractivity (Wildman–Crippen MR) is 91.5 cm³/mol. The van der Waals surface area contributed by atoms with Crippen molar-refractivity contribution in [2.24, 2.45) is 0 Å². The number of rotatable bonds is 3. The van der Waals surface area contributed by atoms with E-state index >= 15 is 0 Å². The Labute approximate surface area is 160 Å². The minimum atomic E-state index is -0.381. The Morgan fingerprint density at radius 3 is 1.68 bits per heavy atom. The van der Waals surface area contributed by atoms with E-state index in [1.54, 1.807) is 0 Å². The summed E-state index contributed by atoms with van der Waals surface area (Å²) < 4.78 is 0. The molecule has 1 unspecified atom stereocenters. The summed E-state index contributed by atoms with van der Waals surface area (Å²) in [5.74, 6) is 0. The quantitative estimate of drug-likeness (QED) is 0.335. The SMILES string of the molecule is [C-]1=CC=CC1P(c1ccccc1)c1ccccc1.[Cl][Pd][Cl].[Fe]. The average molecular weight is 482 g/mol. The Bertz CT molecular complexity index is 539. The molecule has 120 valence electrons. The second-order valence-electron chi connectivity index (χ2n) is 4.25. The first kappa shape index (κ1) is 20.2. The molecule has 3 rings (SSSR count). The molecule has 1 aliphatic carbocycles. The summed E-state index contributed by atoms with van der Waals surface area (Å²) in [6, 6.07) is 21.5. The van der Waals surface area contributed by atoms with Crippen LogP contribution in [0.25, 0.3) is 0 Å². The van der Waals surface area contributed by atoms with E-state index in [9.17, 15) is 0 Å². The van der Waals surface area contributed by atoms with E-state index < -0.39 is 0 Å². The van der Waals surface area contributed by atoms with Crippen molar-refractivity contribution in [1.29, 1.82) is 0 Å². The zero-order valence-corrected chi connectivity index (χ0v) is 16.5. The molecular formula is C17H14Cl2FePPd-. The van der Waals surface area contributed by atoms with Crippen LogP contribution < -0.4 is 10.6 Å². The van der Waals surface area contributed by atoms with Crippen LogP contribution in [0, 0.1) is 6.08 Å². The molecule has 0 aliphatic heterocycles. The predicted octanol–water partition coefficient (Wildman–Crippen LogP) is 4.79. The van der Waals surface area contributed by atoms with Gasteiger partial charge in [-0.15, -0.1) is 0 Å². The molecule has 0 saturated carbocycles. The molecule has 1 atom stereocenters. The normalized spacial score (nSPS) is 15.3. The van der Waals surface area contributed by atoms with Gasteiger partial charge in [-0.2, -0.15) is 6.08 Å². The van der Waals surface area contributed by atoms with Crippen molar-refractivity contribution in [2.75, 3.05) is 0 Å². The van der Waals surface area contributed by atoms with Crippen LogP contribution in [-0.2, 0) is 33.0 Å². The topological polar surface area (TPSA) is 0 Å². The van der Waals surface area contributed by atoms with Gasteiger partial charge >= 0.3 is 35.0 Å². The van der Waals surface area contributed by atoms with Crippen molar-refractivity contribution in [1.82, 2.24) is 0 Å². The molecule has 22 heavy (non-hydrogen) atoms. The van der Waals surface area contributed by atoms with Crippen LogP contribution >= 0.6 is 27.0 Å². The largest absolute Gasteiger partial charge is 0 e. The van der Waals surface area contributed by atoms with Crippen LogP contribution in [0.5, 0.6) is 0 Å². The maximum Gasteiger partial charge on any atom is 0 e. The molecule has 0 N–H and O–H groups in total. The van der Waals surface area contributed by atoms with Crippen molar-refractivity contribution in [3.05, 3.63) is 85.0 Å². The monoisotopic (exact) mass is 481 g/mol. The molecule has 0 nitrogen and oxygen atoms in total. The van der Waals surface area contributed by atoms with Crippen molar-refractivity contribution in [3.63, 3.8) is 0 Å². The zero-order valence-electron chi connectivity index (χ0n) is 11.5. The van der Waals surface area contributed by atoms with Crippen molar-refractivity contribution >= 4 is 37.6 Å². The van der Waals surface area contributed by atoms with Gasteiger partial charge in [-0.1, -0.05) is 74.2 Å². The van der Waals surface area contributed by atoms with Gasteiger partial charge in [0.1, 0.15) is 0 Å². The molecule has 0 saturated heterocycles. The van der Waals surface area contributed by atoms with E-state index in [1.165, 1.54) is 10.6 Å². The first-order chi connectivity index (χ1) is 10.4. The molecule has 0 spiro atoms. The fourth-order valence-corrected chi connectivity index (χ4v) is 4.61. The van der Waals surface area contributed by atoms with Crippen molar-refractivity contribution in [2.45, 2.75) is 5.66 Å². The van der Waals surface area contributed by atoms with E-state index in [-0.39, 0.29) is 40.9 Å².